The zero-order chi connectivity index (χ0) is 9.56. The molecule has 12 heavy (non-hydrogen) atoms. The molecule has 0 saturated heterocycles. The van der Waals surface area contributed by atoms with Crippen LogP contribution in [-0.4, -0.2) is 12.5 Å². The van der Waals surface area contributed by atoms with Gasteiger partial charge < -0.3 is 5.32 Å². The van der Waals surface area contributed by atoms with Crippen molar-refractivity contribution in [3.8, 4) is 0 Å². The monoisotopic (exact) mass is 171 g/mol. The number of carbonyl (C=O) groups is 1. The smallest absolute Gasteiger partial charge is 0.223 e. The Kier molecular flexibility index (Phi) is 5.77. The van der Waals surface area contributed by atoms with Gasteiger partial charge in [0.15, 0.2) is 0 Å². The first kappa shape index (κ1) is 11.5. The standard InChI is InChI=1S/C10H21NO/c1-5-8(4)9(6-2)10(12)11-7-3/h8-9H,5-7H2,1-4H3,(H,11,12). The summed E-state index contributed by atoms with van der Waals surface area (Å²) in [6.45, 7) is 9.05. The molecule has 0 aliphatic rings. The second-order valence-electron chi connectivity index (χ2n) is 3.29. The van der Waals surface area contributed by atoms with Gasteiger partial charge in [-0.05, 0) is 19.3 Å². The summed E-state index contributed by atoms with van der Waals surface area (Å²) in [7, 11) is 0. The van der Waals surface area contributed by atoms with Crippen LogP contribution in [0.1, 0.15) is 40.5 Å². The fourth-order valence-corrected chi connectivity index (χ4v) is 1.44. The Balaban J connectivity index is 4.04. The fourth-order valence-electron chi connectivity index (χ4n) is 1.44. The quantitative estimate of drug-likeness (QED) is 0.675. The van der Waals surface area contributed by atoms with Crippen molar-refractivity contribution < 1.29 is 4.79 Å². The Morgan fingerprint density at radius 2 is 1.83 bits per heavy atom. The summed E-state index contributed by atoms with van der Waals surface area (Å²) in [5, 5.41) is 2.87. The van der Waals surface area contributed by atoms with Gasteiger partial charge >= 0.3 is 0 Å². The van der Waals surface area contributed by atoms with E-state index in [2.05, 4.69) is 26.1 Å². The van der Waals surface area contributed by atoms with Gasteiger partial charge in [-0.15, -0.1) is 0 Å². The second kappa shape index (κ2) is 6.04. The molecule has 0 rings (SSSR count). The summed E-state index contributed by atoms with van der Waals surface area (Å²) in [6, 6.07) is 0. The van der Waals surface area contributed by atoms with E-state index in [0.29, 0.717) is 5.92 Å². The van der Waals surface area contributed by atoms with Crippen LogP contribution in [0.3, 0.4) is 0 Å². The third-order valence-electron chi connectivity index (χ3n) is 2.46. The number of hydrogen-bond acceptors (Lipinski definition) is 1. The molecule has 0 aromatic rings. The van der Waals surface area contributed by atoms with E-state index < -0.39 is 0 Å². The summed E-state index contributed by atoms with van der Waals surface area (Å²) in [5.74, 6) is 0.922. The third-order valence-corrected chi connectivity index (χ3v) is 2.46. The Morgan fingerprint density at radius 3 is 2.17 bits per heavy atom. The molecule has 0 fully saturated rings. The second-order valence-corrected chi connectivity index (χ2v) is 3.29. The first-order valence-electron chi connectivity index (χ1n) is 4.94. The predicted molar refractivity (Wildman–Crippen MR) is 51.9 cm³/mol. The van der Waals surface area contributed by atoms with Gasteiger partial charge in [-0.3, -0.25) is 4.79 Å². The molecule has 1 N–H and O–H groups in total. The van der Waals surface area contributed by atoms with E-state index in [1.807, 2.05) is 6.92 Å². The molecule has 1 amide bonds. The average molecular weight is 171 g/mol. The minimum atomic E-state index is 0.204. The zero-order valence-corrected chi connectivity index (χ0v) is 8.68. The lowest BCUT2D eigenvalue weighted by atomic mass is 9.89. The molecular formula is C10H21NO. The molecule has 0 spiro atoms. The molecule has 2 atom stereocenters. The van der Waals surface area contributed by atoms with Crippen LogP contribution in [-0.2, 0) is 4.79 Å². The molecule has 0 saturated carbocycles. The van der Waals surface area contributed by atoms with Gasteiger partial charge in [0.25, 0.3) is 0 Å². The van der Waals surface area contributed by atoms with Gasteiger partial charge in [-0.25, -0.2) is 0 Å². The Bertz CT molecular complexity index is 134. The first-order chi connectivity index (χ1) is 5.67. The number of carbonyl (C=O) groups excluding carboxylic acids is 1. The normalized spacial score (nSPS) is 15.3. The van der Waals surface area contributed by atoms with Crippen molar-refractivity contribution in [3.63, 3.8) is 0 Å². The molecule has 2 heteroatoms. The molecule has 0 bridgehead atoms. The molecule has 0 aliphatic carbocycles. The molecule has 0 radical (unpaired) electrons. The van der Waals surface area contributed by atoms with Crippen LogP contribution in [0.4, 0.5) is 0 Å². The highest BCUT2D eigenvalue weighted by molar-refractivity contribution is 5.78. The molecule has 2 unspecified atom stereocenters. The number of rotatable bonds is 5. The average Bonchev–Trinajstić information content (AvgIpc) is 2.06. The van der Waals surface area contributed by atoms with Crippen LogP contribution < -0.4 is 5.32 Å². The van der Waals surface area contributed by atoms with Crippen LogP contribution in [0.15, 0.2) is 0 Å². The fraction of sp³-hybridized carbons (Fsp3) is 0.900. The Labute approximate surface area is 75.7 Å². The van der Waals surface area contributed by atoms with E-state index in [4.69, 9.17) is 0 Å². The predicted octanol–water partition coefficient (Wildman–Crippen LogP) is 2.19. The van der Waals surface area contributed by atoms with Crippen molar-refractivity contribution >= 4 is 5.91 Å². The lowest BCUT2D eigenvalue weighted by Gasteiger charge is -2.19. The van der Waals surface area contributed by atoms with Crippen LogP contribution in [0.25, 0.3) is 0 Å². The van der Waals surface area contributed by atoms with Gasteiger partial charge in [0, 0.05) is 12.5 Å². The molecule has 72 valence electrons. The number of amides is 1. The van der Waals surface area contributed by atoms with Gasteiger partial charge in [-0.2, -0.15) is 0 Å². The van der Waals surface area contributed by atoms with Crippen molar-refractivity contribution in [2.24, 2.45) is 11.8 Å². The Hall–Kier alpha value is -0.530. The van der Waals surface area contributed by atoms with Crippen molar-refractivity contribution in [1.29, 1.82) is 0 Å². The first-order valence-corrected chi connectivity index (χ1v) is 4.94. The molecule has 0 aliphatic heterocycles. The van der Waals surface area contributed by atoms with E-state index in [9.17, 15) is 4.79 Å². The summed E-state index contributed by atoms with van der Waals surface area (Å²) in [5.41, 5.74) is 0. The molecular weight excluding hydrogens is 150 g/mol. The van der Waals surface area contributed by atoms with Gasteiger partial charge in [0.1, 0.15) is 0 Å². The van der Waals surface area contributed by atoms with E-state index in [0.717, 1.165) is 19.4 Å². The maximum absolute atomic E-state index is 11.5. The molecule has 0 aromatic heterocycles. The summed E-state index contributed by atoms with van der Waals surface area (Å²) in [6.07, 6.45) is 2.02. The van der Waals surface area contributed by atoms with Gasteiger partial charge in [-0.1, -0.05) is 27.2 Å². The van der Waals surface area contributed by atoms with Crippen molar-refractivity contribution in [2.45, 2.75) is 40.5 Å². The summed E-state index contributed by atoms with van der Waals surface area (Å²) >= 11 is 0. The van der Waals surface area contributed by atoms with Crippen LogP contribution >= 0.6 is 0 Å². The Morgan fingerprint density at radius 1 is 1.25 bits per heavy atom. The third kappa shape index (κ3) is 3.24. The molecule has 0 aromatic carbocycles. The van der Waals surface area contributed by atoms with E-state index in [1.165, 1.54) is 0 Å². The maximum Gasteiger partial charge on any atom is 0.223 e. The van der Waals surface area contributed by atoms with E-state index >= 15 is 0 Å². The minimum Gasteiger partial charge on any atom is -0.356 e. The minimum absolute atomic E-state index is 0.204. The topological polar surface area (TPSA) is 29.1 Å². The van der Waals surface area contributed by atoms with E-state index in [-0.39, 0.29) is 11.8 Å². The number of nitrogens with one attached hydrogen (secondary N) is 1. The van der Waals surface area contributed by atoms with Gasteiger partial charge in [0.05, 0.1) is 0 Å². The van der Waals surface area contributed by atoms with Crippen LogP contribution in [0.5, 0.6) is 0 Å². The summed E-state index contributed by atoms with van der Waals surface area (Å²) < 4.78 is 0. The zero-order valence-electron chi connectivity index (χ0n) is 8.68. The maximum atomic E-state index is 11.5. The van der Waals surface area contributed by atoms with Crippen molar-refractivity contribution in [1.82, 2.24) is 5.32 Å². The van der Waals surface area contributed by atoms with Gasteiger partial charge in [0.2, 0.25) is 5.91 Å². The van der Waals surface area contributed by atoms with E-state index in [1.54, 1.807) is 0 Å². The van der Waals surface area contributed by atoms with Crippen LogP contribution in [0.2, 0.25) is 0 Å². The highest BCUT2D eigenvalue weighted by Crippen LogP contribution is 2.18. The van der Waals surface area contributed by atoms with Crippen molar-refractivity contribution in [3.05, 3.63) is 0 Å². The van der Waals surface area contributed by atoms with Crippen molar-refractivity contribution in [2.75, 3.05) is 6.54 Å². The summed E-state index contributed by atoms with van der Waals surface area (Å²) in [4.78, 5) is 11.5. The highest BCUT2D eigenvalue weighted by Gasteiger charge is 2.20. The number of hydrogen-bond donors (Lipinski definition) is 1. The highest BCUT2D eigenvalue weighted by atomic mass is 16.1. The largest absolute Gasteiger partial charge is 0.356 e. The SMILES string of the molecule is CCNC(=O)C(CC)C(C)CC. The molecule has 0 heterocycles. The molecule has 2 nitrogen and oxygen atoms in total. The lowest BCUT2D eigenvalue weighted by Crippen LogP contribution is -2.33. The van der Waals surface area contributed by atoms with Crippen LogP contribution in [0, 0.1) is 11.8 Å². The lowest BCUT2D eigenvalue weighted by molar-refractivity contribution is -0.126.